The Kier molecular flexibility index (Phi) is 3.72. The molecule has 0 bridgehead atoms. The summed E-state index contributed by atoms with van der Waals surface area (Å²) in [4.78, 5) is 11.2. The highest BCUT2D eigenvalue weighted by Crippen LogP contribution is 2.32. The van der Waals surface area contributed by atoms with Crippen LogP contribution in [0.25, 0.3) is 0 Å². The molecule has 1 aromatic carbocycles. The minimum absolute atomic E-state index is 0.0590. The number of carbonyl (C=O) groups is 1. The lowest BCUT2D eigenvalue weighted by atomic mass is 10.0. The average molecular weight is 208 g/mol. The maximum Gasteiger partial charge on any atom is 0.163 e. The fourth-order valence-electron chi connectivity index (χ4n) is 1.58. The first kappa shape index (κ1) is 11.6. The van der Waals surface area contributed by atoms with Gasteiger partial charge in [-0.2, -0.15) is 0 Å². The molecule has 1 N–H and O–H groups in total. The number of phenols is 1. The van der Waals surface area contributed by atoms with E-state index in [1.165, 1.54) is 6.92 Å². The van der Waals surface area contributed by atoms with Crippen LogP contribution < -0.4 is 4.74 Å². The van der Waals surface area contributed by atoms with Gasteiger partial charge in [-0.1, -0.05) is 13.3 Å². The second kappa shape index (κ2) is 4.82. The number of ketones is 1. The third-order valence-corrected chi connectivity index (χ3v) is 2.34. The summed E-state index contributed by atoms with van der Waals surface area (Å²) in [5, 5.41) is 9.90. The minimum atomic E-state index is -0.132. The van der Waals surface area contributed by atoms with Crippen LogP contribution in [-0.4, -0.2) is 18.0 Å². The van der Waals surface area contributed by atoms with Crippen molar-refractivity contribution >= 4 is 5.78 Å². The average Bonchev–Trinajstić information content (AvgIpc) is 2.20. The summed E-state index contributed by atoms with van der Waals surface area (Å²) >= 11 is 0. The van der Waals surface area contributed by atoms with Crippen molar-refractivity contribution in [3.05, 3.63) is 23.3 Å². The number of ether oxygens (including phenoxy) is 1. The number of carbonyl (C=O) groups excluding carboxylic acids is 1. The number of hydrogen-bond acceptors (Lipinski definition) is 3. The van der Waals surface area contributed by atoms with E-state index in [0.717, 1.165) is 6.42 Å². The van der Waals surface area contributed by atoms with E-state index >= 15 is 0 Å². The standard InChI is InChI=1S/C12H16O3/c1-4-5-10-11(15-3)7-6-9(8(2)13)12(10)14/h6-7,14H,4-5H2,1-3H3. The fraction of sp³-hybridized carbons (Fsp3) is 0.417. The van der Waals surface area contributed by atoms with Crippen molar-refractivity contribution in [3.63, 3.8) is 0 Å². The summed E-state index contributed by atoms with van der Waals surface area (Å²) in [6.45, 7) is 3.45. The molecule has 0 radical (unpaired) electrons. The fourth-order valence-corrected chi connectivity index (χ4v) is 1.58. The summed E-state index contributed by atoms with van der Waals surface area (Å²) in [5.74, 6) is 0.565. The van der Waals surface area contributed by atoms with Crippen molar-refractivity contribution < 1.29 is 14.6 Å². The number of methoxy groups -OCH3 is 1. The zero-order valence-corrected chi connectivity index (χ0v) is 9.33. The summed E-state index contributed by atoms with van der Waals surface area (Å²) in [5.41, 5.74) is 1.08. The Bertz CT molecular complexity index is 369. The summed E-state index contributed by atoms with van der Waals surface area (Å²) < 4.78 is 5.14. The molecular weight excluding hydrogens is 192 g/mol. The van der Waals surface area contributed by atoms with Gasteiger partial charge in [-0.15, -0.1) is 0 Å². The monoisotopic (exact) mass is 208 g/mol. The van der Waals surface area contributed by atoms with E-state index in [-0.39, 0.29) is 11.5 Å². The van der Waals surface area contributed by atoms with Crippen LogP contribution in [0, 0.1) is 0 Å². The predicted molar refractivity (Wildman–Crippen MR) is 58.7 cm³/mol. The highest BCUT2D eigenvalue weighted by molar-refractivity contribution is 5.97. The molecule has 0 amide bonds. The van der Waals surface area contributed by atoms with E-state index in [4.69, 9.17) is 4.74 Å². The number of hydrogen-bond donors (Lipinski definition) is 1. The van der Waals surface area contributed by atoms with Gasteiger partial charge >= 0.3 is 0 Å². The molecule has 15 heavy (non-hydrogen) atoms. The van der Waals surface area contributed by atoms with Gasteiger partial charge in [0, 0.05) is 5.56 Å². The third kappa shape index (κ3) is 2.29. The molecular formula is C12H16O3. The van der Waals surface area contributed by atoms with Crippen molar-refractivity contribution in [1.29, 1.82) is 0 Å². The molecule has 1 rings (SSSR count). The number of benzene rings is 1. The maximum atomic E-state index is 11.2. The van der Waals surface area contributed by atoms with Crippen LogP contribution in [0.4, 0.5) is 0 Å². The van der Waals surface area contributed by atoms with Gasteiger partial charge in [-0.25, -0.2) is 0 Å². The minimum Gasteiger partial charge on any atom is -0.507 e. The van der Waals surface area contributed by atoms with Crippen molar-refractivity contribution in [2.45, 2.75) is 26.7 Å². The largest absolute Gasteiger partial charge is 0.507 e. The molecule has 0 aliphatic heterocycles. The van der Waals surface area contributed by atoms with Crippen LogP contribution in [-0.2, 0) is 6.42 Å². The molecule has 3 nitrogen and oxygen atoms in total. The van der Waals surface area contributed by atoms with Gasteiger partial charge in [0.2, 0.25) is 0 Å². The molecule has 1 aromatic rings. The number of phenolic OH excluding ortho intramolecular Hbond substituents is 1. The van der Waals surface area contributed by atoms with Crippen molar-refractivity contribution in [3.8, 4) is 11.5 Å². The quantitative estimate of drug-likeness (QED) is 0.773. The van der Waals surface area contributed by atoms with Crippen molar-refractivity contribution in [2.24, 2.45) is 0 Å². The van der Waals surface area contributed by atoms with Crippen LogP contribution in [0.2, 0.25) is 0 Å². The summed E-state index contributed by atoms with van der Waals surface area (Å²) in [6, 6.07) is 3.32. The molecule has 0 aliphatic carbocycles. The first-order valence-corrected chi connectivity index (χ1v) is 5.01. The first-order chi connectivity index (χ1) is 7.11. The first-order valence-electron chi connectivity index (χ1n) is 5.01. The normalized spacial score (nSPS) is 10.1. The lowest BCUT2D eigenvalue weighted by molar-refractivity contribution is 0.101. The van der Waals surface area contributed by atoms with Crippen LogP contribution in [0.3, 0.4) is 0 Å². The van der Waals surface area contributed by atoms with E-state index in [0.29, 0.717) is 23.3 Å². The zero-order chi connectivity index (χ0) is 11.4. The molecule has 82 valence electrons. The molecule has 0 saturated carbocycles. The zero-order valence-electron chi connectivity index (χ0n) is 9.33. The molecule has 0 saturated heterocycles. The van der Waals surface area contributed by atoms with Crippen LogP contribution >= 0.6 is 0 Å². The van der Waals surface area contributed by atoms with Crippen molar-refractivity contribution in [2.75, 3.05) is 7.11 Å². The Labute approximate surface area is 89.7 Å². The second-order valence-corrected chi connectivity index (χ2v) is 3.45. The molecule has 0 aromatic heterocycles. The molecule has 0 fully saturated rings. The van der Waals surface area contributed by atoms with Crippen LogP contribution in [0.15, 0.2) is 12.1 Å². The van der Waals surface area contributed by atoms with E-state index in [2.05, 4.69) is 0 Å². The van der Waals surface area contributed by atoms with Gasteiger partial charge in [0.05, 0.1) is 12.7 Å². The van der Waals surface area contributed by atoms with E-state index in [1.54, 1.807) is 19.2 Å². The van der Waals surface area contributed by atoms with Crippen LogP contribution in [0.1, 0.15) is 36.2 Å². The third-order valence-electron chi connectivity index (χ3n) is 2.34. The Balaban J connectivity index is 3.28. The van der Waals surface area contributed by atoms with Gasteiger partial charge in [0.1, 0.15) is 11.5 Å². The van der Waals surface area contributed by atoms with Gasteiger partial charge in [-0.05, 0) is 25.5 Å². The summed E-state index contributed by atoms with van der Waals surface area (Å²) in [6.07, 6.45) is 1.60. The highest BCUT2D eigenvalue weighted by atomic mass is 16.5. The smallest absolute Gasteiger partial charge is 0.163 e. The van der Waals surface area contributed by atoms with Gasteiger partial charge in [-0.3, -0.25) is 4.79 Å². The Morgan fingerprint density at radius 2 is 2.13 bits per heavy atom. The molecule has 0 spiro atoms. The lowest BCUT2D eigenvalue weighted by Crippen LogP contribution is -1.99. The Morgan fingerprint density at radius 3 is 2.60 bits per heavy atom. The molecule has 0 unspecified atom stereocenters. The molecule has 0 aliphatic rings. The SMILES string of the molecule is CCCc1c(OC)ccc(C(C)=O)c1O. The molecule has 3 heteroatoms. The van der Waals surface area contributed by atoms with E-state index in [1.807, 2.05) is 6.92 Å². The van der Waals surface area contributed by atoms with Gasteiger partial charge in [0.25, 0.3) is 0 Å². The maximum absolute atomic E-state index is 11.2. The highest BCUT2D eigenvalue weighted by Gasteiger charge is 2.14. The number of aromatic hydroxyl groups is 1. The van der Waals surface area contributed by atoms with Gasteiger partial charge in [0.15, 0.2) is 5.78 Å². The van der Waals surface area contributed by atoms with E-state index in [9.17, 15) is 9.90 Å². The number of rotatable bonds is 4. The second-order valence-electron chi connectivity index (χ2n) is 3.45. The van der Waals surface area contributed by atoms with E-state index < -0.39 is 0 Å². The number of Topliss-reactive ketones (excluding diaryl/α,β-unsaturated/α-hetero) is 1. The Morgan fingerprint density at radius 1 is 1.47 bits per heavy atom. The molecule has 0 atom stereocenters. The molecule has 0 heterocycles. The predicted octanol–water partition coefficient (Wildman–Crippen LogP) is 2.56. The van der Waals surface area contributed by atoms with Crippen molar-refractivity contribution in [1.82, 2.24) is 0 Å². The summed E-state index contributed by atoms with van der Waals surface area (Å²) in [7, 11) is 1.56. The lowest BCUT2D eigenvalue weighted by Gasteiger charge is -2.11. The van der Waals surface area contributed by atoms with Gasteiger partial charge < -0.3 is 9.84 Å². The van der Waals surface area contributed by atoms with Crippen LogP contribution in [0.5, 0.6) is 11.5 Å². The topological polar surface area (TPSA) is 46.5 Å². The Hall–Kier alpha value is -1.51.